The zero-order chi connectivity index (χ0) is 29.3. The predicted molar refractivity (Wildman–Crippen MR) is 155 cm³/mol. The summed E-state index contributed by atoms with van der Waals surface area (Å²) in [5.74, 6) is 1.60. The highest BCUT2D eigenvalue weighted by Crippen LogP contribution is 2.27. The van der Waals surface area contributed by atoms with Crippen LogP contribution in [0.15, 0.2) is 54.6 Å². The number of rotatable bonds is 7. The van der Waals surface area contributed by atoms with Gasteiger partial charge in [0.1, 0.15) is 23.1 Å². The Balaban J connectivity index is 1.07. The molecule has 0 aliphatic carbocycles. The van der Waals surface area contributed by atoms with Gasteiger partial charge in [-0.3, -0.25) is 4.79 Å². The van der Waals surface area contributed by atoms with E-state index < -0.39 is 6.36 Å². The van der Waals surface area contributed by atoms with Crippen LogP contribution in [0, 0.1) is 0 Å². The third-order valence-corrected chi connectivity index (χ3v) is 7.93. The number of hydrogen-bond donors (Lipinski definition) is 1. The number of fused-ring (bicyclic) bond motifs is 2. The average molecular weight is 579 g/mol. The van der Waals surface area contributed by atoms with Crippen molar-refractivity contribution in [3.63, 3.8) is 0 Å². The Morgan fingerprint density at radius 1 is 0.929 bits per heavy atom. The average Bonchev–Trinajstić information content (AvgIpc) is 3.38. The van der Waals surface area contributed by atoms with E-state index in [1.54, 1.807) is 12.1 Å². The highest BCUT2D eigenvalue weighted by molar-refractivity contribution is 5.94. The fourth-order valence-corrected chi connectivity index (χ4v) is 5.81. The molecule has 0 bridgehead atoms. The van der Waals surface area contributed by atoms with Crippen LogP contribution < -0.4 is 19.9 Å². The van der Waals surface area contributed by atoms with Gasteiger partial charge in [0.15, 0.2) is 0 Å². The summed E-state index contributed by atoms with van der Waals surface area (Å²) in [5, 5.41) is 4.10. The minimum Gasteiger partial charge on any atom is -0.406 e. The summed E-state index contributed by atoms with van der Waals surface area (Å²) in [5.41, 5.74) is 4.31. The molecule has 0 unspecified atom stereocenters. The number of nitrogens with zero attached hydrogens (tertiary/aromatic N) is 5. The largest absolute Gasteiger partial charge is 0.573 e. The van der Waals surface area contributed by atoms with Crippen LogP contribution in [0.5, 0.6) is 5.75 Å². The first-order valence-electron chi connectivity index (χ1n) is 14.4. The Kier molecular flexibility index (Phi) is 7.66. The van der Waals surface area contributed by atoms with Crippen LogP contribution in [0.1, 0.15) is 47.3 Å². The molecule has 1 N–H and O–H groups in total. The van der Waals surface area contributed by atoms with Crippen LogP contribution in [0.3, 0.4) is 0 Å². The standard InChI is InChI=1S/C31H33F3N6O2/c1-2-25-29(40-14-4-3-5-28(40)36-25)30(41)35-20-21-6-12-26-22(19-21)7-13-27(37-26)39-17-15-38(16-18-39)23-8-10-24(11-9-23)42-31(32,33)34/h6-13,19H,2-5,14-18,20H2,1H3,(H,35,41). The van der Waals surface area contributed by atoms with Crippen molar-refractivity contribution in [3.05, 3.63) is 77.4 Å². The maximum atomic E-state index is 13.2. The summed E-state index contributed by atoms with van der Waals surface area (Å²) in [6.45, 7) is 6.22. The summed E-state index contributed by atoms with van der Waals surface area (Å²) in [6, 6.07) is 16.1. The summed E-state index contributed by atoms with van der Waals surface area (Å²) in [4.78, 5) is 27.1. The molecular weight excluding hydrogens is 545 g/mol. The quantitative estimate of drug-likeness (QED) is 0.313. The SMILES string of the molecule is CCc1nc2n(c1C(=O)NCc1ccc3nc(N4CCN(c5ccc(OC(F)(F)F)cc5)CC4)ccc3c1)CCCC2. The number of aryl methyl sites for hydroxylation is 2. The number of carbonyl (C=O) groups excluding carboxylic acids is 1. The van der Waals surface area contributed by atoms with E-state index in [2.05, 4.69) is 36.6 Å². The minimum atomic E-state index is -4.70. The van der Waals surface area contributed by atoms with E-state index in [1.165, 1.54) is 12.1 Å². The first kappa shape index (κ1) is 27.9. The monoisotopic (exact) mass is 578 g/mol. The van der Waals surface area contributed by atoms with Crippen molar-refractivity contribution >= 4 is 28.3 Å². The van der Waals surface area contributed by atoms with E-state index in [0.717, 1.165) is 97.9 Å². The lowest BCUT2D eigenvalue weighted by Crippen LogP contribution is -2.46. The summed E-state index contributed by atoms with van der Waals surface area (Å²) in [6.07, 6.45) is -0.855. The maximum Gasteiger partial charge on any atom is 0.573 e. The van der Waals surface area contributed by atoms with Crippen molar-refractivity contribution in [2.24, 2.45) is 0 Å². The Morgan fingerprint density at radius 3 is 2.43 bits per heavy atom. The predicted octanol–water partition coefficient (Wildman–Crippen LogP) is 5.49. The number of alkyl halides is 3. The number of piperazine rings is 1. The van der Waals surface area contributed by atoms with Crippen molar-refractivity contribution < 1.29 is 22.7 Å². The molecule has 42 heavy (non-hydrogen) atoms. The number of carbonyl (C=O) groups is 1. The Morgan fingerprint density at radius 2 is 1.69 bits per heavy atom. The molecule has 2 aromatic heterocycles. The molecule has 0 radical (unpaired) electrons. The molecule has 2 aromatic carbocycles. The highest BCUT2D eigenvalue weighted by atomic mass is 19.4. The van der Waals surface area contributed by atoms with Gasteiger partial charge in [-0.1, -0.05) is 13.0 Å². The number of benzene rings is 2. The van der Waals surface area contributed by atoms with Crippen molar-refractivity contribution in [1.29, 1.82) is 0 Å². The van der Waals surface area contributed by atoms with E-state index in [-0.39, 0.29) is 11.7 Å². The topological polar surface area (TPSA) is 75.5 Å². The molecule has 4 aromatic rings. The van der Waals surface area contributed by atoms with Crippen LogP contribution in [0.4, 0.5) is 24.7 Å². The van der Waals surface area contributed by atoms with Crippen molar-refractivity contribution in [2.75, 3.05) is 36.0 Å². The molecule has 6 rings (SSSR count). The Hall–Kier alpha value is -4.28. The number of anilines is 2. The van der Waals surface area contributed by atoms with E-state index in [9.17, 15) is 18.0 Å². The fraction of sp³-hybridized carbons (Fsp3) is 0.387. The number of pyridine rings is 1. The maximum absolute atomic E-state index is 13.2. The molecule has 11 heteroatoms. The van der Waals surface area contributed by atoms with E-state index in [4.69, 9.17) is 9.97 Å². The number of nitrogens with one attached hydrogen (secondary N) is 1. The van der Waals surface area contributed by atoms with Gasteiger partial charge >= 0.3 is 6.36 Å². The van der Waals surface area contributed by atoms with Crippen LogP contribution in [0.25, 0.3) is 10.9 Å². The molecule has 1 amide bonds. The molecule has 1 saturated heterocycles. The smallest absolute Gasteiger partial charge is 0.406 e. The number of ether oxygens (including phenoxy) is 1. The summed E-state index contributed by atoms with van der Waals surface area (Å²) in [7, 11) is 0. The van der Waals surface area contributed by atoms with E-state index in [1.807, 2.05) is 25.1 Å². The van der Waals surface area contributed by atoms with Crippen LogP contribution in [0.2, 0.25) is 0 Å². The second-order valence-corrected chi connectivity index (χ2v) is 10.7. The van der Waals surface area contributed by atoms with Gasteiger partial charge in [0.05, 0.1) is 11.2 Å². The third kappa shape index (κ3) is 6.00. The molecule has 2 aliphatic heterocycles. The van der Waals surface area contributed by atoms with Crippen LogP contribution in [-0.2, 0) is 25.9 Å². The second-order valence-electron chi connectivity index (χ2n) is 10.7. The van der Waals surface area contributed by atoms with Crippen molar-refractivity contribution in [3.8, 4) is 5.75 Å². The van der Waals surface area contributed by atoms with Crippen LogP contribution in [-0.4, -0.2) is 53.0 Å². The lowest BCUT2D eigenvalue weighted by molar-refractivity contribution is -0.274. The number of hydrogen-bond acceptors (Lipinski definition) is 6. The molecule has 0 atom stereocenters. The Labute approximate surface area is 242 Å². The Bertz CT molecular complexity index is 1580. The van der Waals surface area contributed by atoms with Gasteiger partial charge in [-0.2, -0.15) is 0 Å². The first-order valence-corrected chi connectivity index (χ1v) is 14.4. The van der Waals surface area contributed by atoms with Gasteiger partial charge in [0.2, 0.25) is 0 Å². The number of aromatic nitrogens is 3. The van der Waals surface area contributed by atoms with Gasteiger partial charge < -0.3 is 24.4 Å². The molecule has 0 spiro atoms. The summed E-state index contributed by atoms with van der Waals surface area (Å²) < 4.78 is 43.4. The van der Waals surface area contributed by atoms with Gasteiger partial charge in [0.25, 0.3) is 5.91 Å². The third-order valence-electron chi connectivity index (χ3n) is 7.93. The second kappa shape index (κ2) is 11.5. The van der Waals surface area contributed by atoms with Crippen molar-refractivity contribution in [1.82, 2.24) is 19.9 Å². The molecule has 4 heterocycles. The molecule has 8 nitrogen and oxygen atoms in total. The molecular formula is C31H33F3N6O2. The molecule has 220 valence electrons. The molecule has 0 saturated carbocycles. The molecule has 2 aliphatic rings. The number of amides is 1. The lowest BCUT2D eigenvalue weighted by atomic mass is 10.1. The van der Waals surface area contributed by atoms with E-state index >= 15 is 0 Å². The van der Waals surface area contributed by atoms with Crippen molar-refractivity contribution in [2.45, 2.75) is 52.1 Å². The minimum absolute atomic E-state index is 0.0780. The number of imidazole rings is 1. The van der Waals surface area contributed by atoms with E-state index in [0.29, 0.717) is 12.2 Å². The van der Waals surface area contributed by atoms with Gasteiger partial charge in [-0.15, -0.1) is 13.2 Å². The zero-order valence-electron chi connectivity index (χ0n) is 23.5. The fourth-order valence-electron chi connectivity index (χ4n) is 5.81. The summed E-state index contributed by atoms with van der Waals surface area (Å²) >= 11 is 0. The zero-order valence-corrected chi connectivity index (χ0v) is 23.5. The number of halogens is 3. The first-order chi connectivity index (χ1) is 20.3. The van der Waals surface area contributed by atoms with Crippen LogP contribution >= 0.6 is 0 Å². The van der Waals surface area contributed by atoms with Gasteiger partial charge in [-0.25, -0.2) is 9.97 Å². The normalized spacial score (nSPS) is 15.5. The molecule has 1 fully saturated rings. The highest BCUT2D eigenvalue weighted by Gasteiger charge is 2.31. The lowest BCUT2D eigenvalue weighted by Gasteiger charge is -2.36. The van der Waals surface area contributed by atoms with Gasteiger partial charge in [0, 0.05) is 56.8 Å². The van der Waals surface area contributed by atoms with Gasteiger partial charge in [-0.05, 0) is 73.4 Å².